The number of rotatable bonds is 3. The van der Waals surface area contributed by atoms with Gasteiger partial charge in [0, 0.05) is 11.6 Å². The Kier molecular flexibility index (Phi) is 3.24. The smallest absolute Gasteiger partial charge is 0.406 e. The van der Waals surface area contributed by atoms with Gasteiger partial charge in [-0.25, -0.2) is 0 Å². The van der Waals surface area contributed by atoms with Crippen molar-refractivity contribution in [1.82, 2.24) is 4.57 Å². The molecule has 1 heterocycles. The number of fused-ring (bicyclic) bond motifs is 1. The molecule has 0 aliphatic carbocycles. The first-order valence-corrected chi connectivity index (χ1v) is 5.68. The number of nitrogens with zero attached hydrogens (tertiary/aromatic N) is 1. The van der Waals surface area contributed by atoms with Gasteiger partial charge in [0.2, 0.25) is 0 Å². The predicted octanol–water partition coefficient (Wildman–Crippen LogP) is 3.99. The predicted molar refractivity (Wildman–Crippen MR) is 63.8 cm³/mol. The van der Waals surface area contributed by atoms with E-state index in [1.54, 1.807) is 24.3 Å². The van der Waals surface area contributed by atoms with Crippen molar-refractivity contribution in [1.29, 1.82) is 0 Å². The minimum absolute atomic E-state index is 0.0124. The van der Waals surface area contributed by atoms with Crippen molar-refractivity contribution in [2.45, 2.75) is 32.7 Å². The Bertz CT molecular complexity index is 543. The van der Waals surface area contributed by atoms with E-state index in [9.17, 15) is 13.2 Å². The lowest BCUT2D eigenvalue weighted by molar-refractivity contribution is -0.139. The molecule has 1 aromatic heterocycles. The molecule has 2 nitrogen and oxygen atoms in total. The average molecular weight is 257 g/mol. The van der Waals surface area contributed by atoms with Gasteiger partial charge in [-0.05, 0) is 32.0 Å². The van der Waals surface area contributed by atoms with Gasteiger partial charge in [-0.1, -0.05) is 6.07 Å². The normalized spacial score (nSPS) is 12.3. The third-order valence-corrected chi connectivity index (χ3v) is 2.49. The van der Waals surface area contributed by atoms with Crippen molar-refractivity contribution in [2.75, 3.05) is 0 Å². The molecule has 0 aliphatic heterocycles. The van der Waals surface area contributed by atoms with Gasteiger partial charge in [-0.15, -0.1) is 0 Å². The van der Waals surface area contributed by atoms with Gasteiger partial charge in [-0.2, -0.15) is 13.2 Å². The molecule has 2 aromatic rings. The molecule has 2 rings (SSSR count). The maximum absolute atomic E-state index is 12.4. The van der Waals surface area contributed by atoms with Crippen molar-refractivity contribution in [3.8, 4) is 5.75 Å². The number of ether oxygens (including phenoxy) is 1. The second kappa shape index (κ2) is 4.55. The van der Waals surface area contributed by atoms with Crippen LogP contribution in [0.1, 0.15) is 13.8 Å². The van der Waals surface area contributed by atoms with E-state index in [0.29, 0.717) is 16.7 Å². The Morgan fingerprint density at radius 3 is 2.56 bits per heavy atom. The van der Waals surface area contributed by atoms with Crippen molar-refractivity contribution in [3.05, 3.63) is 30.5 Å². The summed E-state index contributed by atoms with van der Waals surface area (Å²) in [5.74, 6) is 0.614. The quantitative estimate of drug-likeness (QED) is 0.810. The summed E-state index contributed by atoms with van der Waals surface area (Å²) >= 11 is 0. The third-order valence-electron chi connectivity index (χ3n) is 2.49. The van der Waals surface area contributed by atoms with Crippen molar-refractivity contribution >= 4 is 10.9 Å². The van der Waals surface area contributed by atoms with Crippen LogP contribution in [0.15, 0.2) is 30.5 Å². The molecule has 0 amide bonds. The fourth-order valence-electron chi connectivity index (χ4n) is 1.88. The summed E-state index contributed by atoms with van der Waals surface area (Å²) in [6.07, 6.45) is -2.80. The number of benzene rings is 1. The molecule has 0 spiro atoms. The highest BCUT2D eigenvalue weighted by Gasteiger charge is 2.28. The van der Waals surface area contributed by atoms with E-state index in [1.807, 2.05) is 13.8 Å². The van der Waals surface area contributed by atoms with E-state index in [2.05, 4.69) is 0 Å². The maximum atomic E-state index is 12.4. The van der Waals surface area contributed by atoms with Gasteiger partial charge >= 0.3 is 6.18 Å². The molecule has 0 unspecified atom stereocenters. The van der Waals surface area contributed by atoms with Crippen LogP contribution in [0.2, 0.25) is 0 Å². The van der Waals surface area contributed by atoms with Crippen molar-refractivity contribution < 1.29 is 17.9 Å². The summed E-state index contributed by atoms with van der Waals surface area (Å²) in [6, 6.07) is 6.78. The minimum atomic E-state index is -4.22. The Balaban J connectivity index is 2.42. The molecule has 1 aromatic carbocycles. The second-order valence-corrected chi connectivity index (χ2v) is 4.41. The molecule has 0 fully saturated rings. The highest BCUT2D eigenvalue weighted by atomic mass is 19.4. The summed E-state index contributed by atoms with van der Waals surface area (Å²) < 4.78 is 44.0. The molecule has 0 N–H and O–H groups in total. The molecule has 0 saturated carbocycles. The van der Waals surface area contributed by atoms with E-state index < -0.39 is 12.7 Å². The van der Waals surface area contributed by atoms with Gasteiger partial charge in [0.05, 0.1) is 11.6 Å². The zero-order valence-corrected chi connectivity index (χ0v) is 10.2. The topological polar surface area (TPSA) is 14.2 Å². The highest BCUT2D eigenvalue weighted by Crippen LogP contribution is 2.29. The largest absolute Gasteiger partial charge is 0.490 e. The van der Waals surface area contributed by atoms with Crippen LogP contribution in [-0.4, -0.2) is 16.8 Å². The summed E-state index contributed by atoms with van der Waals surface area (Å²) in [6.45, 7) is 2.78. The van der Waals surface area contributed by atoms with Gasteiger partial charge in [0.15, 0.2) is 0 Å². The van der Waals surface area contributed by atoms with Crippen LogP contribution in [-0.2, 0) is 6.54 Å². The van der Waals surface area contributed by atoms with E-state index in [1.165, 1.54) is 10.8 Å². The first kappa shape index (κ1) is 12.8. The molecule has 5 heteroatoms. The van der Waals surface area contributed by atoms with Crippen LogP contribution in [0.4, 0.5) is 13.2 Å². The van der Waals surface area contributed by atoms with Crippen LogP contribution in [0.3, 0.4) is 0 Å². The first-order chi connectivity index (χ1) is 8.37. The minimum Gasteiger partial charge on any atom is -0.490 e. The standard InChI is InChI=1S/C13H14F3NO/c1-9(2)18-12-5-3-4-11-10(12)6-7-17(11)8-13(14,15)16/h3-7,9H,8H2,1-2H3. The fourth-order valence-corrected chi connectivity index (χ4v) is 1.88. The lowest BCUT2D eigenvalue weighted by atomic mass is 10.2. The Hall–Kier alpha value is -1.65. The van der Waals surface area contributed by atoms with Crippen molar-refractivity contribution in [2.24, 2.45) is 0 Å². The van der Waals surface area contributed by atoms with Crippen LogP contribution < -0.4 is 4.74 Å². The molecule has 0 bridgehead atoms. The number of alkyl halides is 3. The molecule has 0 atom stereocenters. The number of hydrogen-bond donors (Lipinski definition) is 0. The second-order valence-electron chi connectivity index (χ2n) is 4.41. The third kappa shape index (κ3) is 2.78. The number of hydrogen-bond acceptors (Lipinski definition) is 1. The first-order valence-electron chi connectivity index (χ1n) is 5.68. The zero-order chi connectivity index (χ0) is 13.3. The van der Waals surface area contributed by atoms with Crippen LogP contribution in [0.25, 0.3) is 10.9 Å². The zero-order valence-electron chi connectivity index (χ0n) is 10.2. The van der Waals surface area contributed by atoms with Gasteiger partial charge in [-0.3, -0.25) is 0 Å². The van der Waals surface area contributed by atoms with Gasteiger partial charge in [0.25, 0.3) is 0 Å². The highest BCUT2D eigenvalue weighted by molar-refractivity contribution is 5.86. The Labute approximate surface area is 103 Å². The van der Waals surface area contributed by atoms with Gasteiger partial charge in [0.1, 0.15) is 12.3 Å². The molecule has 98 valence electrons. The monoisotopic (exact) mass is 257 g/mol. The lowest BCUT2D eigenvalue weighted by Gasteiger charge is -2.12. The van der Waals surface area contributed by atoms with Crippen LogP contribution >= 0.6 is 0 Å². The molecule has 0 aliphatic rings. The molecular weight excluding hydrogens is 243 g/mol. The van der Waals surface area contributed by atoms with E-state index >= 15 is 0 Å². The summed E-state index contributed by atoms with van der Waals surface area (Å²) in [5.41, 5.74) is 0.533. The lowest BCUT2D eigenvalue weighted by Crippen LogP contribution is -2.16. The number of aromatic nitrogens is 1. The van der Waals surface area contributed by atoms with E-state index in [-0.39, 0.29) is 6.10 Å². The molecule has 18 heavy (non-hydrogen) atoms. The van der Waals surface area contributed by atoms with Gasteiger partial charge < -0.3 is 9.30 Å². The Morgan fingerprint density at radius 2 is 1.94 bits per heavy atom. The maximum Gasteiger partial charge on any atom is 0.406 e. The SMILES string of the molecule is CC(C)Oc1cccc2c1ccn2CC(F)(F)F. The summed E-state index contributed by atoms with van der Waals surface area (Å²) in [5, 5.41) is 0.704. The average Bonchev–Trinajstić information content (AvgIpc) is 2.59. The molecule has 0 radical (unpaired) electrons. The fraction of sp³-hybridized carbons (Fsp3) is 0.385. The van der Waals surface area contributed by atoms with Crippen LogP contribution in [0, 0.1) is 0 Å². The van der Waals surface area contributed by atoms with Crippen molar-refractivity contribution in [3.63, 3.8) is 0 Å². The number of halogens is 3. The van der Waals surface area contributed by atoms with Crippen LogP contribution in [0.5, 0.6) is 5.75 Å². The van der Waals surface area contributed by atoms with E-state index in [0.717, 1.165) is 0 Å². The summed E-state index contributed by atoms with van der Waals surface area (Å²) in [7, 11) is 0. The summed E-state index contributed by atoms with van der Waals surface area (Å²) in [4.78, 5) is 0. The Morgan fingerprint density at radius 1 is 1.22 bits per heavy atom. The molecule has 0 saturated heterocycles. The van der Waals surface area contributed by atoms with E-state index in [4.69, 9.17) is 4.74 Å². The molecular formula is C13H14F3NO.